The maximum atomic E-state index is 14.4. The van der Waals surface area contributed by atoms with E-state index in [0.29, 0.717) is 31.4 Å². The molecule has 2 saturated heterocycles. The highest BCUT2D eigenvalue weighted by atomic mass is 19.4. The fourth-order valence-electron chi connectivity index (χ4n) is 13.1. The van der Waals surface area contributed by atoms with E-state index in [9.17, 15) is 83.1 Å². The van der Waals surface area contributed by atoms with E-state index in [1.165, 1.54) is 33.3 Å². The number of halogens is 8. The summed E-state index contributed by atoms with van der Waals surface area (Å²) >= 11 is 0. The number of primary amides is 1. The quantitative estimate of drug-likeness (QED) is 0.00934. The molecule has 0 aromatic heterocycles. The average molecular weight is 1460 g/mol. The fraction of sp³-hybridized carbons (Fsp3) is 0.681. The molecule has 2 heterocycles. The number of nitrogens with zero attached hydrogens (tertiary/aromatic N) is 4. The van der Waals surface area contributed by atoms with E-state index in [-0.39, 0.29) is 92.9 Å². The van der Waals surface area contributed by atoms with Crippen LogP contribution in [0.2, 0.25) is 0 Å². The molecule has 2 fully saturated rings. The Morgan fingerprint density at radius 1 is 0.686 bits per heavy atom. The van der Waals surface area contributed by atoms with Crippen LogP contribution >= 0.6 is 0 Å². The zero-order valence-electron chi connectivity index (χ0n) is 60.9. The molecule has 9 N–H and O–H groups in total. The molecule has 2 unspecified atom stereocenters. The number of nitrogens with one attached hydrogen (secondary N) is 7. The Kier molecular flexibility index (Phi) is 33.8. The van der Waals surface area contributed by atoms with Crippen molar-refractivity contribution in [2.24, 2.45) is 41.2 Å². The number of urea groups is 1. The molecule has 4 rings (SSSR count). The first kappa shape index (κ1) is 86.6. The van der Waals surface area contributed by atoms with Crippen molar-refractivity contribution in [2.75, 3.05) is 66.9 Å². The smallest absolute Gasteiger partial charge is 0.404 e. The lowest BCUT2D eigenvalue weighted by Crippen LogP contribution is -2.59. The van der Waals surface area contributed by atoms with Gasteiger partial charge < -0.3 is 67.0 Å². The van der Waals surface area contributed by atoms with Crippen molar-refractivity contribution in [3.05, 3.63) is 58.9 Å². The number of likely N-dealkylation sites (tertiary alicyclic amines) is 2. The Morgan fingerprint density at radius 2 is 1.29 bits per heavy atom. The standard InChI is InChI=1S/C69H104F8N12O13/c1-16-38(8)58(87(13)66(97)56(36(4)5)85-65(96)57(37(6)7)86(11)12)46(100-14)33-49(91)89-30-18-21-45(89)59(101-15)39(9)61(92)81-40(10)62(93)80-34-41-23-25-43(26-24-41)82-63(94)44(20-17-28-79-68(78)99)83-64(95)55(35(2)3)84-48(90)22-19-29-88-31-27-42(32-47(88)69(75,76)77)67(98)102-60-53(73)51(71)50(70)52(72)54(60)74/h23-26,35-40,42,44-47,55-59H,16-22,27-34H2,1-15H3,(H,80,93)(H,81,92)(H,82,94)(H,83,95)(H,84,90)(H,85,96)(H3,78,79,99)/t38-,39+,40-,42?,44-,45-,46+,47?,55-,56-,57-,58-,59+/m0/s1. The second kappa shape index (κ2) is 39.8. The zero-order chi connectivity index (χ0) is 76.9. The Morgan fingerprint density at radius 3 is 1.83 bits per heavy atom. The van der Waals surface area contributed by atoms with Crippen LogP contribution in [0.3, 0.4) is 0 Å². The van der Waals surface area contributed by atoms with Gasteiger partial charge in [0.15, 0.2) is 0 Å². The molecule has 10 amide bonds. The summed E-state index contributed by atoms with van der Waals surface area (Å²) in [5.74, 6) is -23.7. The molecule has 2 aliphatic heterocycles. The van der Waals surface area contributed by atoms with Gasteiger partial charge in [-0.3, -0.25) is 53.0 Å². The molecule has 2 aromatic rings. The minimum absolute atomic E-state index is 0.00861. The van der Waals surface area contributed by atoms with Crippen molar-refractivity contribution in [1.29, 1.82) is 0 Å². The number of amides is 10. The number of piperidine rings is 1. The Bertz CT molecular complexity index is 3170. The third-order valence-corrected chi connectivity index (χ3v) is 18.9. The summed E-state index contributed by atoms with van der Waals surface area (Å²) in [6.07, 6.45) is -6.74. The first-order chi connectivity index (χ1) is 47.7. The van der Waals surface area contributed by atoms with E-state index in [4.69, 9.17) is 15.2 Å². The number of alkyl halides is 3. The van der Waals surface area contributed by atoms with Crippen molar-refractivity contribution in [3.8, 4) is 5.75 Å². The lowest BCUT2D eigenvalue weighted by atomic mass is 9.89. The Balaban J connectivity index is 1.34. The van der Waals surface area contributed by atoms with Gasteiger partial charge in [-0.05, 0) is 120 Å². The molecule has 574 valence electrons. The number of hydrogen-bond donors (Lipinski definition) is 8. The number of rotatable bonds is 37. The number of likely N-dealkylation sites (N-methyl/N-ethyl adjacent to an activating group) is 2. The van der Waals surface area contributed by atoms with Crippen LogP contribution in [0.15, 0.2) is 24.3 Å². The number of methoxy groups -OCH3 is 2. The normalized spacial score (nSPS) is 18.8. The third-order valence-electron chi connectivity index (χ3n) is 18.9. The van der Waals surface area contributed by atoms with Gasteiger partial charge in [0.05, 0.1) is 48.6 Å². The highest BCUT2D eigenvalue weighted by Crippen LogP contribution is 2.37. The number of esters is 1. The van der Waals surface area contributed by atoms with Crippen LogP contribution in [-0.4, -0.2) is 207 Å². The predicted molar refractivity (Wildman–Crippen MR) is 360 cm³/mol. The molecule has 0 spiro atoms. The van der Waals surface area contributed by atoms with E-state index in [1.807, 2.05) is 60.5 Å². The van der Waals surface area contributed by atoms with E-state index in [2.05, 4.69) is 42.0 Å². The molecular formula is C69H104F8N12O13. The molecule has 2 aromatic carbocycles. The van der Waals surface area contributed by atoms with Gasteiger partial charge >= 0.3 is 18.2 Å². The van der Waals surface area contributed by atoms with Gasteiger partial charge in [0.2, 0.25) is 82.1 Å². The van der Waals surface area contributed by atoms with Crippen molar-refractivity contribution in [3.63, 3.8) is 0 Å². The van der Waals surface area contributed by atoms with Crippen LogP contribution in [-0.2, 0) is 59.2 Å². The van der Waals surface area contributed by atoms with Crippen LogP contribution in [0.4, 0.5) is 45.6 Å². The second-order valence-electron chi connectivity index (χ2n) is 27.6. The van der Waals surface area contributed by atoms with Gasteiger partial charge in [-0.15, -0.1) is 0 Å². The number of hydrogen-bond acceptors (Lipinski definition) is 15. The van der Waals surface area contributed by atoms with E-state index < -0.39 is 180 Å². The summed E-state index contributed by atoms with van der Waals surface area (Å²) in [4.78, 5) is 141. The molecule has 0 saturated carbocycles. The van der Waals surface area contributed by atoms with Gasteiger partial charge in [-0.1, -0.05) is 80.9 Å². The van der Waals surface area contributed by atoms with Crippen LogP contribution in [0.25, 0.3) is 0 Å². The topological polar surface area (TPSA) is 322 Å². The molecular weight excluding hydrogens is 1360 g/mol. The minimum atomic E-state index is -4.99. The van der Waals surface area contributed by atoms with Gasteiger partial charge in [-0.25, -0.2) is 18.0 Å². The number of anilines is 1. The highest BCUT2D eigenvalue weighted by Gasteiger charge is 2.49. The number of benzene rings is 2. The summed E-state index contributed by atoms with van der Waals surface area (Å²) in [6, 6.07) is -2.93. The number of ether oxygens (including phenoxy) is 3. The minimum Gasteiger partial charge on any atom is -0.420 e. The molecule has 25 nitrogen and oxygen atoms in total. The predicted octanol–water partition coefficient (Wildman–Crippen LogP) is 6.19. The number of nitrogens with two attached hydrogens (primary N) is 1. The molecule has 102 heavy (non-hydrogen) atoms. The third kappa shape index (κ3) is 23.9. The van der Waals surface area contributed by atoms with Crippen molar-refractivity contribution < 1.29 is 97.3 Å². The molecule has 33 heteroatoms. The summed E-state index contributed by atoms with van der Waals surface area (Å²) in [7, 11) is 8.24. The van der Waals surface area contributed by atoms with Crippen molar-refractivity contribution in [2.45, 2.75) is 207 Å². The van der Waals surface area contributed by atoms with E-state index in [1.54, 1.807) is 49.8 Å². The largest absolute Gasteiger partial charge is 0.420 e. The Hall–Kier alpha value is -7.78. The molecule has 0 bridgehead atoms. The molecule has 2 aliphatic rings. The second-order valence-corrected chi connectivity index (χ2v) is 27.6. The maximum Gasteiger partial charge on any atom is 0.404 e. The first-order valence-electron chi connectivity index (χ1n) is 34.5. The SMILES string of the molecule is CC[C@H](C)[C@@H]([C@@H](CC(=O)N1CCC[C@H]1[C@H](OC)[C@@H](C)C(=O)N[C@@H](C)C(=O)NCc1ccc(NC(=O)[C@H](CCCNC(N)=O)NC(=O)[C@@H](NC(=O)CCCN2CCC(C(=O)Oc3c(F)c(F)c(F)c(F)c3F)CC2C(F)(F)F)C(C)C)cc1)OC)N(C)C(=O)[C@@H](NC(=O)[C@H](C(C)C)N(C)C)C(C)C. The lowest BCUT2D eigenvalue weighted by molar-refractivity contribution is -0.197. The van der Waals surface area contributed by atoms with Crippen molar-refractivity contribution >= 4 is 64.9 Å². The van der Waals surface area contributed by atoms with Gasteiger partial charge in [0, 0.05) is 53.0 Å². The summed E-state index contributed by atoms with van der Waals surface area (Å²) in [6.45, 7) is 17.4. The molecule has 0 aliphatic carbocycles. The summed E-state index contributed by atoms with van der Waals surface area (Å²) < 4.78 is 129. The molecule has 13 atom stereocenters. The van der Waals surface area contributed by atoms with E-state index in [0.717, 1.165) is 4.90 Å². The van der Waals surface area contributed by atoms with Gasteiger partial charge in [-0.2, -0.15) is 22.0 Å². The average Bonchev–Trinajstić information content (AvgIpc) is 0.967. The van der Waals surface area contributed by atoms with Crippen LogP contribution in [0.5, 0.6) is 5.75 Å². The molecule has 0 radical (unpaired) electrons. The number of carbonyl (C=O) groups is 10. The van der Waals surface area contributed by atoms with Crippen LogP contribution < -0.4 is 47.7 Å². The monoisotopic (exact) mass is 1460 g/mol. The number of carbonyl (C=O) groups excluding carboxylic acids is 10. The Labute approximate surface area is 591 Å². The lowest BCUT2D eigenvalue weighted by Gasteiger charge is -2.41. The van der Waals surface area contributed by atoms with Crippen LogP contribution in [0, 0.1) is 64.6 Å². The zero-order valence-corrected chi connectivity index (χ0v) is 60.9. The van der Waals surface area contributed by atoms with Gasteiger partial charge in [0.1, 0.15) is 30.2 Å². The summed E-state index contributed by atoms with van der Waals surface area (Å²) in [5, 5.41) is 18.8. The van der Waals surface area contributed by atoms with Gasteiger partial charge in [0.25, 0.3) is 0 Å². The maximum absolute atomic E-state index is 14.4. The van der Waals surface area contributed by atoms with Crippen molar-refractivity contribution in [1.82, 2.24) is 51.5 Å². The fourth-order valence-corrected chi connectivity index (χ4v) is 13.1. The first-order valence-corrected chi connectivity index (χ1v) is 34.5. The van der Waals surface area contributed by atoms with E-state index >= 15 is 0 Å². The highest BCUT2D eigenvalue weighted by molar-refractivity contribution is 5.98. The summed E-state index contributed by atoms with van der Waals surface area (Å²) in [5.41, 5.74) is 6.05. The van der Waals surface area contributed by atoms with Crippen LogP contribution in [0.1, 0.15) is 139 Å².